The minimum atomic E-state index is -0.995. The largest absolute Gasteiger partial charge is 0.467 e. The molecule has 0 aliphatic heterocycles. The number of H-pyrrole nitrogens is 2. The molecule has 5 aromatic heterocycles. The second kappa shape index (κ2) is 16.2. The van der Waals surface area contributed by atoms with Crippen molar-refractivity contribution >= 4 is 40.1 Å². The number of nitrogens with zero attached hydrogens (tertiary/aromatic N) is 8. The van der Waals surface area contributed by atoms with Crippen molar-refractivity contribution in [3.05, 3.63) is 107 Å². The number of halogens is 1. The van der Waals surface area contributed by atoms with Gasteiger partial charge in [-0.15, -0.1) is 0 Å². The number of hydrogen-bond donors (Lipinski definition) is 4. The average Bonchev–Trinajstić information content (AvgIpc) is 4.11. The smallest absolute Gasteiger partial charge is 0.328 e. The Hall–Kier alpha value is -6.91. The van der Waals surface area contributed by atoms with Crippen molar-refractivity contribution in [2.24, 2.45) is 0 Å². The van der Waals surface area contributed by atoms with Gasteiger partial charge in [0.1, 0.15) is 47.2 Å². The number of carbonyl (C=O) groups is 3. The molecule has 5 heterocycles. The molecule has 17 heteroatoms. The third-order valence-corrected chi connectivity index (χ3v) is 11.3. The van der Waals surface area contributed by atoms with Gasteiger partial charge in [-0.3, -0.25) is 9.59 Å². The highest BCUT2D eigenvalue weighted by molar-refractivity contribution is 6.03. The van der Waals surface area contributed by atoms with Gasteiger partial charge in [0.05, 0.1) is 19.0 Å². The second-order valence-electron chi connectivity index (χ2n) is 15.2. The summed E-state index contributed by atoms with van der Waals surface area (Å²) in [6.07, 6.45) is 14.9. The molecule has 59 heavy (non-hydrogen) atoms. The maximum absolute atomic E-state index is 14.9. The molecule has 2 aliphatic carbocycles. The maximum atomic E-state index is 14.9. The number of rotatable bonds is 12. The number of ether oxygens (including phenoxy) is 1. The number of methoxy groups -OCH3 is 1. The lowest BCUT2D eigenvalue weighted by molar-refractivity contribution is -0.142. The van der Waals surface area contributed by atoms with E-state index >= 15 is 0 Å². The summed E-state index contributed by atoms with van der Waals surface area (Å²) in [4.78, 5) is 72.3. The number of carbonyl (C=O) groups excluding carboxylic acids is 3. The maximum Gasteiger partial charge on any atom is 0.328 e. The third-order valence-electron chi connectivity index (χ3n) is 11.3. The number of imidazole rings is 2. The zero-order chi connectivity index (χ0) is 40.5. The molecule has 300 valence electrons. The summed E-state index contributed by atoms with van der Waals surface area (Å²) >= 11 is 0. The van der Waals surface area contributed by atoms with Crippen molar-refractivity contribution in [2.75, 3.05) is 7.11 Å². The first-order valence-corrected chi connectivity index (χ1v) is 19.8. The van der Waals surface area contributed by atoms with E-state index in [9.17, 15) is 18.8 Å². The van der Waals surface area contributed by atoms with E-state index in [1.807, 2.05) is 24.3 Å². The average molecular weight is 797 g/mol. The fourth-order valence-corrected chi connectivity index (χ4v) is 8.20. The Morgan fingerprint density at radius 2 is 1.41 bits per heavy atom. The van der Waals surface area contributed by atoms with Crippen molar-refractivity contribution in [2.45, 2.75) is 82.2 Å². The van der Waals surface area contributed by atoms with Gasteiger partial charge in [-0.2, -0.15) is 5.10 Å². The second-order valence-corrected chi connectivity index (χ2v) is 15.2. The Labute approximate surface area is 336 Å². The number of aromatic amines is 2. The Morgan fingerprint density at radius 1 is 0.797 bits per heavy atom. The van der Waals surface area contributed by atoms with Crippen molar-refractivity contribution in [3.8, 4) is 16.8 Å². The summed E-state index contributed by atoms with van der Waals surface area (Å²) in [6, 6.07) is 10.9. The highest BCUT2D eigenvalue weighted by Gasteiger charge is 2.28. The molecule has 2 aliphatic rings. The van der Waals surface area contributed by atoms with Crippen molar-refractivity contribution in [1.29, 1.82) is 0 Å². The molecule has 7 aromatic rings. The summed E-state index contributed by atoms with van der Waals surface area (Å²) in [5.41, 5.74) is 5.35. The lowest BCUT2D eigenvalue weighted by Gasteiger charge is -2.17. The molecule has 1 unspecified atom stereocenters. The van der Waals surface area contributed by atoms with Crippen LogP contribution in [-0.2, 0) is 22.5 Å². The molecule has 2 aromatic carbocycles. The first-order valence-electron chi connectivity index (χ1n) is 19.8. The first kappa shape index (κ1) is 37.7. The van der Waals surface area contributed by atoms with Crippen LogP contribution in [0.15, 0.2) is 67.5 Å². The molecule has 16 nitrogen and oxygen atoms in total. The number of esters is 1. The zero-order valence-corrected chi connectivity index (χ0v) is 32.2. The molecule has 1 atom stereocenters. The van der Waals surface area contributed by atoms with Gasteiger partial charge in [0.25, 0.3) is 11.8 Å². The quantitative estimate of drug-likeness (QED) is 0.109. The van der Waals surface area contributed by atoms with Gasteiger partial charge in [0.15, 0.2) is 22.7 Å². The number of aromatic nitrogens is 10. The molecular weight excluding hydrogens is 756 g/mol. The molecule has 0 radical (unpaired) electrons. The van der Waals surface area contributed by atoms with Gasteiger partial charge in [0, 0.05) is 36.6 Å². The van der Waals surface area contributed by atoms with Crippen LogP contribution in [0.3, 0.4) is 0 Å². The van der Waals surface area contributed by atoms with E-state index in [1.165, 1.54) is 31.9 Å². The molecule has 0 bridgehead atoms. The summed E-state index contributed by atoms with van der Waals surface area (Å²) in [5, 5.41) is 10.2. The fraction of sp³-hybridized carbons (Fsp3) is 0.333. The molecule has 2 fully saturated rings. The molecule has 4 N–H and O–H groups in total. The van der Waals surface area contributed by atoms with E-state index in [0.717, 1.165) is 68.6 Å². The monoisotopic (exact) mass is 796 g/mol. The van der Waals surface area contributed by atoms with Gasteiger partial charge in [-0.05, 0) is 72.7 Å². The molecule has 0 spiro atoms. The summed E-state index contributed by atoms with van der Waals surface area (Å²) in [6.45, 7) is 0.0647. The fourth-order valence-electron chi connectivity index (χ4n) is 8.20. The third kappa shape index (κ3) is 7.87. The SMILES string of the molecule is COC(=O)C(Cc1ccc(-n2cc(-c3cc(F)cc(CNC(=O)c4ncnc5nc(C6CCCC6)[nH]c45)c3)cn2)cc1)NC(=O)c1ncnc2nc(C3CCCC3)[nH]c12. The first-order chi connectivity index (χ1) is 28.8. The van der Waals surface area contributed by atoms with Gasteiger partial charge >= 0.3 is 5.97 Å². The van der Waals surface area contributed by atoms with Crippen LogP contribution in [0.4, 0.5) is 4.39 Å². The van der Waals surface area contributed by atoms with Crippen molar-refractivity contribution in [1.82, 2.24) is 60.3 Å². The lowest BCUT2D eigenvalue weighted by atomic mass is 10.0. The van der Waals surface area contributed by atoms with Crippen LogP contribution in [0, 0.1) is 5.82 Å². The summed E-state index contributed by atoms with van der Waals surface area (Å²) in [5.74, 6) is 0.207. The Kier molecular flexibility index (Phi) is 10.3. The Morgan fingerprint density at radius 3 is 2.02 bits per heavy atom. The highest BCUT2D eigenvalue weighted by atomic mass is 19.1. The number of amides is 2. The van der Waals surface area contributed by atoms with Gasteiger partial charge in [0.2, 0.25) is 0 Å². The number of benzene rings is 2. The highest BCUT2D eigenvalue weighted by Crippen LogP contribution is 2.34. The van der Waals surface area contributed by atoms with E-state index in [1.54, 1.807) is 23.1 Å². The molecule has 9 rings (SSSR count). The normalized spacial score (nSPS) is 15.2. The predicted octanol–water partition coefficient (Wildman–Crippen LogP) is 5.77. The van der Waals surface area contributed by atoms with E-state index in [0.29, 0.717) is 56.5 Å². The Bertz CT molecular complexity index is 2680. The van der Waals surface area contributed by atoms with E-state index < -0.39 is 29.6 Å². The van der Waals surface area contributed by atoms with Crippen LogP contribution in [0.25, 0.3) is 39.1 Å². The van der Waals surface area contributed by atoms with Crippen molar-refractivity contribution < 1.29 is 23.5 Å². The standard InChI is InChI=1S/C42H41FN12O4/c1-59-42(58)31(50-41(57)35-33-39(48-22-46-35)54-37(52-33)26-8-4-5-9-26)16-23-10-12-30(13-11-23)55-20-28(19-49-55)27-14-24(15-29(43)17-27)18-44-40(56)34-32-38(47-21-45-34)53-36(51-32)25-6-2-3-7-25/h10-15,17,19-22,25-26,31H,2-9,16,18H2,1H3,(H,44,56)(H,50,57)(H,45,47,51,53)(H,46,48,52,54). The van der Waals surface area contributed by atoms with Crippen LogP contribution < -0.4 is 10.6 Å². The predicted molar refractivity (Wildman–Crippen MR) is 213 cm³/mol. The van der Waals surface area contributed by atoms with Gasteiger partial charge < -0.3 is 25.3 Å². The Balaban J connectivity index is 0.857. The zero-order valence-electron chi connectivity index (χ0n) is 32.2. The van der Waals surface area contributed by atoms with E-state index in [-0.39, 0.29) is 24.4 Å². The van der Waals surface area contributed by atoms with Crippen LogP contribution >= 0.6 is 0 Å². The molecule has 0 saturated heterocycles. The van der Waals surface area contributed by atoms with Crippen molar-refractivity contribution in [3.63, 3.8) is 0 Å². The van der Waals surface area contributed by atoms with Gasteiger partial charge in [-0.1, -0.05) is 37.8 Å². The lowest BCUT2D eigenvalue weighted by Crippen LogP contribution is -2.43. The van der Waals surface area contributed by atoms with E-state index in [2.05, 4.69) is 55.6 Å². The number of fused-ring (bicyclic) bond motifs is 2. The van der Waals surface area contributed by atoms with E-state index in [4.69, 9.17) is 4.74 Å². The summed E-state index contributed by atoms with van der Waals surface area (Å²) < 4.78 is 21.6. The van der Waals surface area contributed by atoms with Crippen LogP contribution in [-0.4, -0.2) is 80.6 Å². The minimum absolute atomic E-state index is 0.0647. The van der Waals surface area contributed by atoms with Crippen LogP contribution in [0.1, 0.15) is 107 Å². The number of hydrogen-bond acceptors (Lipinski definition) is 11. The molecule has 2 saturated carbocycles. The molecule has 2 amide bonds. The number of nitrogens with one attached hydrogen (secondary N) is 4. The minimum Gasteiger partial charge on any atom is -0.467 e. The topological polar surface area (TPSA) is 211 Å². The van der Waals surface area contributed by atoms with Crippen LogP contribution in [0.5, 0.6) is 0 Å². The summed E-state index contributed by atoms with van der Waals surface area (Å²) in [7, 11) is 1.27. The van der Waals surface area contributed by atoms with Gasteiger partial charge in [-0.25, -0.2) is 43.8 Å². The molecular formula is C42H41FN12O4. The van der Waals surface area contributed by atoms with Crippen LogP contribution in [0.2, 0.25) is 0 Å².